The second kappa shape index (κ2) is 9.07. The molecule has 1 aliphatic rings. The van der Waals surface area contributed by atoms with Crippen molar-refractivity contribution in [1.29, 1.82) is 0 Å². The molecule has 0 radical (unpaired) electrons. The van der Waals surface area contributed by atoms with Crippen LogP contribution in [0.25, 0.3) is 0 Å². The molecular weight excluding hydrogens is 324 g/mol. The number of halogens is 1. The fraction of sp³-hybridized carbons (Fsp3) is 0.579. The summed E-state index contributed by atoms with van der Waals surface area (Å²) in [6, 6.07) is 7.48. The molecule has 0 spiro atoms. The van der Waals surface area contributed by atoms with Gasteiger partial charge in [0, 0.05) is 36.5 Å². The summed E-state index contributed by atoms with van der Waals surface area (Å²) in [5, 5.41) is 3.69. The predicted molar refractivity (Wildman–Crippen MR) is 96.7 cm³/mol. The molecular formula is C19H27ClN2O2. The van der Waals surface area contributed by atoms with Gasteiger partial charge in [0.2, 0.25) is 11.8 Å². The Hall–Kier alpha value is -1.55. The molecule has 1 heterocycles. The highest BCUT2D eigenvalue weighted by molar-refractivity contribution is 6.30. The number of carbonyl (C=O) groups is 2. The third-order valence-corrected chi connectivity index (χ3v) is 5.14. The van der Waals surface area contributed by atoms with Gasteiger partial charge in [0.1, 0.15) is 0 Å². The first kappa shape index (κ1) is 18.8. The minimum atomic E-state index is 0.00283. The average molecular weight is 351 g/mol. The quantitative estimate of drug-likeness (QED) is 0.851. The first-order chi connectivity index (χ1) is 11.5. The maximum atomic E-state index is 12.4. The fourth-order valence-corrected chi connectivity index (χ4v) is 3.32. The summed E-state index contributed by atoms with van der Waals surface area (Å²) >= 11 is 5.86. The minimum Gasteiger partial charge on any atom is -0.352 e. The van der Waals surface area contributed by atoms with Crippen molar-refractivity contribution in [3.63, 3.8) is 0 Å². The van der Waals surface area contributed by atoms with Gasteiger partial charge in [0.25, 0.3) is 0 Å². The average Bonchev–Trinajstić information content (AvgIpc) is 2.62. The lowest BCUT2D eigenvalue weighted by Crippen LogP contribution is -2.44. The molecule has 1 fully saturated rings. The van der Waals surface area contributed by atoms with E-state index in [9.17, 15) is 9.59 Å². The van der Waals surface area contributed by atoms with Crippen molar-refractivity contribution in [1.82, 2.24) is 10.2 Å². The van der Waals surface area contributed by atoms with Gasteiger partial charge in [-0.3, -0.25) is 9.59 Å². The van der Waals surface area contributed by atoms with Crippen LogP contribution in [-0.2, 0) is 16.1 Å². The van der Waals surface area contributed by atoms with Crippen LogP contribution in [0, 0.1) is 11.8 Å². The highest BCUT2D eigenvalue weighted by atomic mass is 35.5. The molecule has 1 aromatic rings. The molecule has 0 saturated carbocycles. The third-order valence-electron chi connectivity index (χ3n) is 4.89. The van der Waals surface area contributed by atoms with E-state index in [4.69, 9.17) is 11.6 Å². The van der Waals surface area contributed by atoms with E-state index in [1.54, 1.807) is 0 Å². The Bertz CT molecular complexity index is 547. The molecule has 0 bridgehead atoms. The molecule has 4 nitrogen and oxygen atoms in total. The fourth-order valence-electron chi connectivity index (χ4n) is 3.19. The number of nitrogens with zero attached hydrogens (tertiary/aromatic N) is 1. The van der Waals surface area contributed by atoms with Gasteiger partial charge in [0.15, 0.2) is 0 Å². The lowest BCUT2D eigenvalue weighted by molar-refractivity contribution is -0.139. The molecule has 2 amide bonds. The van der Waals surface area contributed by atoms with Crippen molar-refractivity contribution in [2.45, 2.75) is 46.1 Å². The standard InChI is InChI=1S/C19H27ClN2O2/c1-3-15(4-2)19(24)22-11-9-16(10-12-22)18(23)21-13-14-5-7-17(20)8-6-14/h5-8,15-16H,3-4,9-13H2,1-2H3,(H,21,23). The first-order valence-electron chi connectivity index (χ1n) is 8.86. The number of piperidine rings is 1. The van der Waals surface area contributed by atoms with E-state index in [-0.39, 0.29) is 23.7 Å². The van der Waals surface area contributed by atoms with Gasteiger partial charge in [-0.25, -0.2) is 0 Å². The molecule has 24 heavy (non-hydrogen) atoms. The highest BCUT2D eigenvalue weighted by Gasteiger charge is 2.29. The van der Waals surface area contributed by atoms with Crippen LogP contribution in [-0.4, -0.2) is 29.8 Å². The van der Waals surface area contributed by atoms with Gasteiger partial charge >= 0.3 is 0 Å². The second-order valence-electron chi connectivity index (χ2n) is 6.46. The molecule has 2 rings (SSSR count). The van der Waals surface area contributed by atoms with Crippen LogP contribution in [0.4, 0.5) is 0 Å². The number of hydrogen-bond donors (Lipinski definition) is 1. The van der Waals surface area contributed by atoms with Crippen LogP contribution in [0.3, 0.4) is 0 Å². The SMILES string of the molecule is CCC(CC)C(=O)N1CCC(C(=O)NCc2ccc(Cl)cc2)CC1. The highest BCUT2D eigenvalue weighted by Crippen LogP contribution is 2.21. The molecule has 1 N–H and O–H groups in total. The number of hydrogen-bond acceptors (Lipinski definition) is 2. The number of amides is 2. The van der Waals surface area contributed by atoms with E-state index in [0.717, 1.165) is 31.2 Å². The number of benzene rings is 1. The molecule has 0 aliphatic carbocycles. The largest absolute Gasteiger partial charge is 0.352 e. The molecule has 1 saturated heterocycles. The molecule has 132 valence electrons. The zero-order valence-electron chi connectivity index (χ0n) is 14.6. The Morgan fingerprint density at radius 3 is 2.29 bits per heavy atom. The number of carbonyl (C=O) groups excluding carboxylic acids is 2. The molecule has 0 unspecified atom stereocenters. The Morgan fingerprint density at radius 1 is 1.17 bits per heavy atom. The summed E-state index contributed by atoms with van der Waals surface area (Å²) < 4.78 is 0. The number of nitrogens with one attached hydrogen (secondary N) is 1. The van der Waals surface area contributed by atoms with E-state index in [1.807, 2.05) is 29.2 Å². The van der Waals surface area contributed by atoms with Gasteiger partial charge in [-0.05, 0) is 43.4 Å². The summed E-state index contributed by atoms with van der Waals surface area (Å²) in [6.07, 6.45) is 3.27. The van der Waals surface area contributed by atoms with Crippen LogP contribution in [0.1, 0.15) is 45.1 Å². The number of likely N-dealkylation sites (tertiary alicyclic amines) is 1. The van der Waals surface area contributed by atoms with Gasteiger partial charge in [-0.2, -0.15) is 0 Å². The summed E-state index contributed by atoms with van der Waals surface area (Å²) in [5.41, 5.74) is 1.04. The van der Waals surface area contributed by atoms with Gasteiger partial charge in [-0.1, -0.05) is 37.6 Å². The Kier molecular flexibility index (Phi) is 7.10. The summed E-state index contributed by atoms with van der Waals surface area (Å²) in [5.74, 6) is 0.461. The smallest absolute Gasteiger partial charge is 0.225 e. The van der Waals surface area contributed by atoms with Crippen LogP contribution in [0.5, 0.6) is 0 Å². The summed E-state index contributed by atoms with van der Waals surface area (Å²) in [6.45, 7) is 6.01. The zero-order valence-corrected chi connectivity index (χ0v) is 15.3. The topological polar surface area (TPSA) is 49.4 Å². The van der Waals surface area contributed by atoms with Crippen molar-refractivity contribution in [2.75, 3.05) is 13.1 Å². The zero-order chi connectivity index (χ0) is 17.5. The maximum Gasteiger partial charge on any atom is 0.225 e. The van der Waals surface area contributed by atoms with Gasteiger partial charge in [0.05, 0.1) is 0 Å². The Morgan fingerprint density at radius 2 is 1.75 bits per heavy atom. The van der Waals surface area contributed by atoms with Crippen LogP contribution in [0.2, 0.25) is 5.02 Å². The van der Waals surface area contributed by atoms with E-state index in [2.05, 4.69) is 19.2 Å². The van der Waals surface area contributed by atoms with Crippen LogP contribution < -0.4 is 5.32 Å². The van der Waals surface area contributed by atoms with Crippen molar-refractivity contribution in [3.8, 4) is 0 Å². The maximum absolute atomic E-state index is 12.4. The normalized spacial score (nSPS) is 15.6. The third kappa shape index (κ3) is 4.97. The lowest BCUT2D eigenvalue weighted by atomic mass is 9.93. The molecule has 1 aromatic carbocycles. The molecule has 0 atom stereocenters. The van der Waals surface area contributed by atoms with E-state index >= 15 is 0 Å². The van der Waals surface area contributed by atoms with Gasteiger partial charge < -0.3 is 10.2 Å². The lowest BCUT2D eigenvalue weighted by Gasteiger charge is -2.33. The first-order valence-corrected chi connectivity index (χ1v) is 9.23. The monoisotopic (exact) mass is 350 g/mol. The van der Waals surface area contributed by atoms with E-state index in [1.165, 1.54) is 0 Å². The molecule has 1 aliphatic heterocycles. The Balaban J connectivity index is 1.78. The van der Waals surface area contributed by atoms with Crippen molar-refractivity contribution < 1.29 is 9.59 Å². The predicted octanol–water partition coefficient (Wildman–Crippen LogP) is 3.63. The van der Waals surface area contributed by atoms with Gasteiger partial charge in [-0.15, -0.1) is 0 Å². The van der Waals surface area contributed by atoms with Crippen LogP contribution >= 0.6 is 11.6 Å². The van der Waals surface area contributed by atoms with E-state index in [0.29, 0.717) is 24.7 Å². The Labute approximate surface area is 149 Å². The van der Waals surface area contributed by atoms with Crippen molar-refractivity contribution >= 4 is 23.4 Å². The van der Waals surface area contributed by atoms with E-state index < -0.39 is 0 Å². The van der Waals surface area contributed by atoms with Crippen molar-refractivity contribution in [2.24, 2.45) is 11.8 Å². The molecule has 5 heteroatoms. The summed E-state index contributed by atoms with van der Waals surface area (Å²) in [7, 11) is 0. The minimum absolute atomic E-state index is 0.00283. The van der Waals surface area contributed by atoms with Crippen LogP contribution in [0.15, 0.2) is 24.3 Å². The number of rotatable bonds is 6. The molecule has 0 aromatic heterocycles. The second-order valence-corrected chi connectivity index (χ2v) is 6.89. The summed E-state index contributed by atoms with van der Waals surface area (Å²) in [4.78, 5) is 26.6. The van der Waals surface area contributed by atoms with Crippen molar-refractivity contribution in [3.05, 3.63) is 34.9 Å².